The highest BCUT2D eigenvalue weighted by Crippen LogP contribution is 2.40. The number of anilines is 1. The van der Waals surface area contributed by atoms with E-state index in [1.807, 2.05) is 56.6 Å². The molecule has 0 unspecified atom stereocenters. The summed E-state index contributed by atoms with van der Waals surface area (Å²) in [5, 5.41) is 13.1. The van der Waals surface area contributed by atoms with Gasteiger partial charge < -0.3 is 21.3 Å². The number of pyridine rings is 2. The van der Waals surface area contributed by atoms with Crippen molar-refractivity contribution in [2.24, 2.45) is 0 Å². The van der Waals surface area contributed by atoms with Crippen molar-refractivity contribution in [1.29, 1.82) is 0 Å². The second-order valence-electron chi connectivity index (χ2n) is 13.3. The van der Waals surface area contributed by atoms with E-state index in [-0.39, 0.29) is 29.6 Å². The minimum atomic E-state index is -0.124. The van der Waals surface area contributed by atoms with E-state index in [2.05, 4.69) is 56.3 Å². The quantitative estimate of drug-likeness (QED) is 0.149. The Hall–Kier alpha value is -5.10. The third kappa shape index (κ3) is 7.10. The van der Waals surface area contributed by atoms with E-state index < -0.39 is 0 Å². The zero-order valence-corrected chi connectivity index (χ0v) is 29.7. The Balaban J connectivity index is 1.13. The maximum atomic E-state index is 13.3. The Bertz CT molecular complexity index is 2200. The summed E-state index contributed by atoms with van der Waals surface area (Å²) in [6.07, 6.45) is 6.10. The first-order chi connectivity index (χ1) is 24.7. The molecule has 2 aliphatic heterocycles. The number of hydrogen-bond acceptors (Lipinski definition) is 8. The molecule has 3 aromatic heterocycles. The summed E-state index contributed by atoms with van der Waals surface area (Å²) in [6, 6.07) is 20.2. The van der Waals surface area contributed by atoms with Crippen LogP contribution in [0.3, 0.4) is 0 Å². The molecule has 7 rings (SSSR count). The second kappa shape index (κ2) is 14.6. The van der Waals surface area contributed by atoms with Gasteiger partial charge in [0.1, 0.15) is 11.5 Å². The highest BCUT2D eigenvalue weighted by Gasteiger charge is 2.25. The van der Waals surface area contributed by atoms with E-state index in [1.54, 1.807) is 16.8 Å². The van der Waals surface area contributed by atoms with Gasteiger partial charge in [0, 0.05) is 80.2 Å². The van der Waals surface area contributed by atoms with Gasteiger partial charge in [-0.2, -0.15) is 0 Å². The number of carbonyl (C=O) groups excluding carboxylic acids is 2. The largest absolute Gasteiger partial charge is 0.373 e. The molecule has 2 amide bonds. The normalized spacial score (nSPS) is 17.3. The first-order valence-corrected chi connectivity index (χ1v) is 17.6. The smallest absolute Gasteiger partial charge is 0.262 e. The van der Waals surface area contributed by atoms with Gasteiger partial charge in [-0.3, -0.25) is 23.7 Å². The van der Waals surface area contributed by atoms with Crippen molar-refractivity contribution in [1.82, 2.24) is 35.2 Å². The predicted octanol–water partition coefficient (Wildman–Crippen LogP) is 5.13. The Kier molecular flexibility index (Phi) is 9.86. The van der Waals surface area contributed by atoms with E-state index in [4.69, 9.17) is 16.6 Å². The van der Waals surface area contributed by atoms with Gasteiger partial charge in [-0.15, -0.1) is 0 Å². The van der Waals surface area contributed by atoms with Gasteiger partial charge in [0.15, 0.2) is 0 Å². The first kappa shape index (κ1) is 34.4. The predicted molar refractivity (Wildman–Crippen MR) is 200 cm³/mol. The van der Waals surface area contributed by atoms with Crippen LogP contribution in [0.4, 0.5) is 5.82 Å². The van der Waals surface area contributed by atoms with Gasteiger partial charge in [-0.05, 0) is 67.3 Å². The molecule has 11 nitrogen and oxygen atoms in total. The van der Waals surface area contributed by atoms with Crippen molar-refractivity contribution in [3.63, 3.8) is 0 Å². The Morgan fingerprint density at radius 2 is 1.67 bits per heavy atom. The number of nitrogens with one attached hydrogen (secondary N) is 4. The van der Waals surface area contributed by atoms with Crippen molar-refractivity contribution >= 4 is 34.9 Å². The molecule has 0 saturated carbocycles. The lowest BCUT2D eigenvalue weighted by Crippen LogP contribution is -2.40. The summed E-state index contributed by atoms with van der Waals surface area (Å²) >= 11 is 7.18. The summed E-state index contributed by atoms with van der Waals surface area (Å²) in [6.45, 7) is 3.69. The number of benzene rings is 2. The Morgan fingerprint density at radius 3 is 2.41 bits per heavy atom. The van der Waals surface area contributed by atoms with Gasteiger partial charge >= 0.3 is 0 Å². The van der Waals surface area contributed by atoms with E-state index in [9.17, 15) is 14.4 Å². The molecule has 5 heterocycles. The fourth-order valence-electron chi connectivity index (χ4n) is 7.08. The van der Waals surface area contributed by atoms with Gasteiger partial charge in [0.2, 0.25) is 11.8 Å². The minimum Gasteiger partial charge on any atom is -0.373 e. The number of halogens is 1. The standard InChI is InChI=1S/C39H41ClN8O3/c1-23-28(24-16-17-48-34(18-24)43-20-26(39(48)51)19-42-21-27-11-14-35(49)44-27)6-4-7-29(23)30-8-5-9-31(37(30)40)32-12-10-25(38(41-2)45-32)22-47(3)33-13-15-36(50)46-33/h4-10,12,16-18,20,27,33,42H,11,13-15,19,21-22H2,1-3H3,(H,41,45)(H,44,49)(H,46,50)/t27-,33-/m0/s1. The number of nitrogens with zero attached hydrogens (tertiary/aromatic N) is 4. The van der Waals surface area contributed by atoms with Gasteiger partial charge in [0.05, 0.1) is 16.9 Å². The Labute approximate surface area is 301 Å². The molecule has 2 saturated heterocycles. The lowest BCUT2D eigenvalue weighted by Gasteiger charge is -2.25. The third-order valence-corrected chi connectivity index (χ3v) is 10.3. The molecule has 262 valence electrons. The van der Waals surface area contributed by atoms with Crippen LogP contribution in [-0.4, -0.2) is 63.9 Å². The molecule has 12 heteroatoms. The first-order valence-electron chi connectivity index (χ1n) is 17.3. The molecule has 2 atom stereocenters. The topological polar surface area (TPSA) is 133 Å². The lowest BCUT2D eigenvalue weighted by molar-refractivity contribution is -0.120. The molecule has 2 aliphatic rings. The van der Waals surface area contributed by atoms with E-state index in [0.717, 1.165) is 63.3 Å². The number of fused-ring (bicyclic) bond motifs is 1. The maximum absolute atomic E-state index is 13.3. The van der Waals surface area contributed by atoms with Gasteiger partial charge in [0.25, 0.3) is 5.56 Å². The summed E-state index contributed by atoms with van der Waals surface area (Å²) in [5.41, 5.74) is 8.49. The van der Waals surface area contributed by atoms with Crippen LogP contribution in [-0.2, 0) is 22.7 Å². The lowest BCUT2D eigenvalue weighted by atomic mass is 9.92. The van der Waals surface area contributed by atoms with Gasteiger partial charge in [-0.25, -0.2) is 9.97 Å². The maximum Gasteiger partial charge on any atom is 0.262 e. The zero-order chi connectivity index (χ0) is 35.6. The van der Waals surface area contributed by atoms with Crippen molar-refractivity contribution < 1.29 is 9.59 Å². The van der Waals surface area contributed by atoms with Crippen LogP contribution in [0.1, 0.15) is 42.4 Å². The van der Waals surface area contributed by atoms with Crippen LogP contribution in [0.15, 0.2) is 77.9 Å². The Morgan fingerprint density at radius 1 is 0.922 bits per heavy atom. The molecular weight excluding hydrogens is 664 g/mol. The van der Waals surface area contributed by atoms with Gasteiger partial charge in [-0.1, -0.05) is 54.1 Å². The van der Waals surface area contributed by atoms with Crippen molar-refractivity contribution in [3.05, 3.63) is 105 Å². The molecular formula is C39H41ClN8O3. The van der Waals surface area contributed by atoms with Crippen molar-refractivity contribution in [2.45, 2.75) is 57.9 Å². The molecule has 5 aromatic rings. The van der Waals surface area contributed by atoms with Crippen molar-refractivity contribution in [2.75, 3.05) is 26.0 Å². The van der Waals surface area contributed by atoms with Crippen LogP contribution < -0.4 is 26.8 Å². The summed E-state index contributed by atoms with van der Waals surface area (Å²) in [4.78, 5) is 48.2. The number of aromatic nitrogens is 3. The third-order valence-electron chi connectivity index (χ3n) is 9.92. The summed E-state index contributed by atoms with van der Waals surface area (Å²) in [5.74, 6) is 0.917. The van der Waals surface area contributed by atoms with Crippen LogP contribution >= 0.6 is 11.6 Å². The monoisotopic (exact) mass is 704 g/mol. The fraction of sp³-hybridized carbons (Fsp3) is 0.308. The zero-order valence-electron chi connectivity index (χ0n) is 28.9. The average Bonchev–Trinajstić information content (AvgIpc) is 3.77. The highest BCUT2D eigenvalue weighted by atomic mass is 35.5. The van der Waals surface area contributed by atoms with E-state index >= 15 is 0 Å². The highest BCUT2D eigenvalue weighted by molar-refractivity contribution is 6.36. The molecule has 0 bridgehead atoms. The molecule has 2 aromatic carbocycles. The number of carbonyl (C=O) groups is 2. The fourth-order valence-corrected chi connectivity index (χ4v) is 7.41. The van der Waals surface area contributed by atoms with Crippen LogP contribution in [0.25, 0.3) is 39.2 Å². The molecule has 0 spiro atoms. The SMILES string of the molecule is CNc1nc(-c2cccc(-c3cccc(-c4ccn5c(=O)c(CNC[C@@H]6CCC(=O)N6)cnc5c4)c3C)c2Cl)ccc1CN(C)[C@H]1CCC(=O)N1. The molecule has 4 N–H and O–H groups in total. The molecule has 0 radical (unpaired) electrons. The van der Waals surface area contributed by atoms with E-state index in [1.165, 1.54) is 0 Å². The molecule has 2 fully saturated rings. The number of rotatable bonds is 11. The summed E-state index contributed by atoms with van der Waals surface area (Å²) < 4.78 is 1.57. The minimum absolute atomic E-state index is 0.0145. The number of amides is 2. The molecule has 51 heavy (non-hydrogen) atoms. The second-order valence-corrected chi connectivity index (χ2v) is 13.7. The van der Waals surface area contributed by atoms with Crippen molar-refractivity contribution in [3.8, 4) is 33.5 Å². The average molecular weight is 705 g/mol. The summed E-state index contributed by atoms with van der Waals surface area (Å²) in [7, 11) is 3.86. The molecule has 0 aliphatic carbocycles. The van der Waals surface area contributed by atoms with E-state index in [0.29, 0.717) is 48.7 Å². The van der Waals surface area contributed by atoms with Crippen LogP contribution in [0.2, 0.25) is 5.02 Å². The number of hydrogen-bond donors (Lipinski definition) is 4. The van der Waals surface area contributed by atoms with Crippen LogP contribution in [0.5, 0.6) is 0 Å². The van der Waals surface area contributed by atoms with Crippen LogP contribution in [0, 0.1) is 6.92 Å².